The van der Waals surface area contributed by atoms with Gasteiger partial charge >= 0.3 is 0 Å². The van der Waals surface area contributed by atoms with E-state index in [0.29, 0.717) is 0 Å². The molecule has 2 rings (SSSR count). The monoisotopic (exact) mass is 346 g/mol. The van der Waals surface area contributed by atoms with Gasteiger partial charge < -0.3 is 5.11 Å². The number of hydrogen-bond acceptors (Lipinski definition) is 2. The lowest BCUT2D eigenvalue weighted by Gasteiger charge is -2.22. The molecule has 1 atom stereocenters. The van der Waals surface area contributed by atoms with Gasteiger partial charge in [0.1, 0.15) is 5.78 Å². The highest BCUT2D eigenvalue weighted by Gasteiger charge is 2.21. The van der Waals surface area contributed by atoms with E-state index in [1.165, 1.54) is 36.8 Å². The third-order valence-electron chi connectivity index (χ3n) is 5.56. The summed E-state index contributed by atoms with van der Waals surface area (Å²) >= 11 is 0. The molecule has 0 aliphatic heterocycles. The van der Waals surface area contributed by atoms with Gasteiger partial charge in [-0.25, -0.2) is 0 Å². The van der Waals surface area contributed by atoms with Crippen LogP contribution in [0.5, 0.6) is 0 Å². The van der Waals surface area contributed by atoms with Crippen LogP contribution in [-0.2, 0) is 17.6 Å². The number of aliphatic hydroxyl groups is 1. The topological polar surface area (TPSA) is 37.3 Å². The van der Waals surface area contributed by atoms with E-state index >= 15 is 0 Å². The van der Waals surface area contributed by atoms with Crippen LogP contribution in [0.4, 0.5) is 0 Å². The van der Waals surface area contributed by atoms with Gasteiger partial charge in [-0.1, -0.05) is 57.9 Å². The number of benzene rings is 1. The lowest BCUT2D eigenvalue weighted by atomic mass is 9.85. The Labute approximate surface area is 155 Å². The second-order valence-corrected chi connectivity index (χ2v) is 7.69. The molecule has 1 unspecified atom stereocenters. The lowest BCUT2D eigenvalue weighted by molar-refractivity contribution is -0.122. The standard InChI is InChI=1S/C15H24.C8H14O2/c1-4-13(3)7-6-8-15-11-9-14(5-2)10-12-15;1-6(9)7-2-4-8(10)5-3-7/h9-13H,4-8H2,1-3H3;7-8,10H,2-5H2,1H3. The van der Waals surface area contributed by atoms with Crippen LogP contribution >= 0.6 is 0 Å². The maximum Gasteiger partial charge on any atom is 0.132 e. The lowest BCUT2D eigenvalue weighted by Crippen LogP contribution is -2.22. The number of ketones is 1. The highest BCUT2D eigenvalue weighted by molar-refractivity contribution is 5.78. The average molecular weight is 347 g/mol. The minimum absolute atomic E-state index is 0.143. The fourth-order valence-electron chi connectivity index (χ4n) is 3.28. The number of rotatable bonds is 7. The second kappa shape index (κ2) is 12.2. The van der Waals surface area contributed by atoms with Crippen LogP contribution in [0.15, 0.2) is 24.3 Å². The van der Waals surface area contributed by atoms with Crippen LogP contribution in [0.1, 0.15) is 83.8 Å². The number of carbonyl (C=O) groups is 1. The summed E-state index contributed by atoms with van der Waals surface area (Å²) in [5.41, 5.74) is 2.94. The molecule has 1 saturated carbocycles. The summed E-state index contributed by atoms with van der Waals surface area (Å²) in [7, 11) is 0. The molecule has 1 aromatic rings. The molecule has 1 N–H and O–H groups in total. The summed E-state index contributed by atoms with van der Waals surface area (Å²) in [5, 5.41) is 9.10. The first kappa shape index (κ1) is 21.9. The Balaban J connectivity index is 0.000000271. The van der Waals surface area contributed by atoms with E-state index in [9.17, 15) is 4.79 Å². The molecule has 0 aromatic heterocycles. The number of Topliss-reactive ketones (excluding diaryl/α,β-unsaturated/α-hetero) is 1. The SMILES string of the molecule is CC(=O)C1CCC(O)CC1.CCc1ccc(CCCC(C)CC)cc1. The predicted molar refractivity (Wildman–Crippen MR) is 107 cm³/mol. The zero-order valence-electron chi connectivity index (χ0n) is 16.8. The molecule has 0 spiro atoms. The summed E-state index contributed by atoms with van der Waals surface area (Å²) in [5.74, 6) is 1.41. The van der Waals surface area contributed by atoms with E-state index in [2.05, 4.69) is 45.0 Å². The van der Waals surface area contributed by atoms with Crippen LogP contribution < -0.4 is 0 Å². The molecule has 1 aliphatic rings. The number of hydrogen-bond donors (Lipinski definition) is 1. The zero-order chi connectivity index (χ0) is 18.7. The van der Waals surface area contributed by atoms with Crippen LogP contribution in [0.25, 0.3) is 0 Å². The first-order chi connectivity index (χ1) is 12.0. The molecule has 0 radical (unpaired) electrons. The molecule has 1 aromatic carbocycles. The van der Waals surface area contributed by atoms with E-state index in [4.69, 9.17) is 5.11 Å². The molecule has 0 heterocycles. The highest BCUT2D eigenvalue weighted by atomic mass is 16.3. The van der Waals surface area contributed by atoms with Crippen molar-refractivity contribution in [1.29, 1.82) is 0 Å². The van der Waals surface area contributed by atoms with Crippen LogP contribution in [0.3, 0.4) is 0 Å². The highest BCUT2D eigenvalue weighted by Crippen LogP contribution is 2.24. The molecule has 0 saturated heterocycles. The smallest absolute Gasteiger partial charge is 0.132 e. The van der Waals surface area contributed by atoms with E-state index < -0.39 is 0 Å². The number of aliphatic hydroxyl groups excluding tert-OH is 1. The number of aryl methyl sites for hydroxylation is 2. The minimum atomic E-state index is -0.143. The van der Waals surface area contributed by atoms with Crippen LogP contribution in [-0.4, -0.2) is 17.0 Å². The first-order valence-corrected chi connectivity index (χ1v) is 10.2. The van der Waals surface area contributed by atoms with Gasteiger partial charge in [0.25, 0.3) is 0 Å². The Hall–Kier alpha value is -1.15. The Morgan fingerprint density at radius 1 is 1.08 bits per heavy atom. The van der Waals surface area contributed by atoms with Gasteiger partial charge in [-0.05, 0) is 68.9 Å². The Morgan fingerprint density at radius 3 is 2.12 bits per heavy atom. The van der Waals surface area contributed by atoms with Gasteiger partial charge in [0, 0.05) is 5.92 Å². The quantitative estimate of drug-likeness (QED) is 0.683. The van der Waals surface area contributed by atoms with Crippen molar-refractivity contribution < 1.29 is 9.90 Å². The van der Waals surface area contributed by atoms with E-state index in [1.807, 2.05) is 0 Å². The molecular weight excluding hydrogens is 308 g/mol. The molecule has 2 nitrogen and oxygen atoms in total. The van der Waals surface area contributed by atoms with E-state index in [-0.39, 0.29) is 17.8 Å². The van der Waals surface area contributed by atoms with Gasteiger partial charge in [0.05, 0.1) is 6.10 Å². The van der Waals surface area contributed by atoms with Gasteiger partial charge in [0.2, 0.25) is 0 Å². The molecular formula is C23H38O2. The van der Waals surface area contributed by atoms with E-state index in [1.54, 1.807) is 6.92 Å². The van der Waals surface area contributed by atoms with Gasteiger partial charge in [-0.2, -0.15) is 0 Å². The summed E-state index contributed by atoms with van der Waals surface area (Å²) in [6, 6.07) is 9.10. The summed E-state index contributed by atoms with van der Waals surface area (Å²) < 4.78 is 0. The Morgan fingerprint density at radius 2 is 1.64 bits per heavy atom. The number of carbonyl (C=O) groups excluding carboxylic acids is 1. The second-order valence-electron chi connectivity index (χ2n) is 7.69. The third kappa shape index (κ3) is 9.21. The Bertz CT molecular complexity index is 469. The van der Waals surface area contributed by atoms with Crippen molar-refractivity contribution in [3.63, 3.8) is 0 Å². The van der Waals surface area contributed by atoms with Crippen molar-refractivity contribution in [3.05, 3.63) is 35.4 Å². The molecule has 2 heteroatoms. The Kier molecular flexibility index (Phi) is 10.7. The summed E-state index contributed by atoms with van der Waals surface area (Å²) in [4.78, 5) is 10.8. The van der Waals surface area contributed by atoms with Crippen LogP contribution in [0.2, 0.25) is 0 Å². The fourth-order valence-corrected chi connectivity index (χ4v) is 3.28. The maximum absolute atomic E-state index is 10.8. The van der Waals surface area contributed by atoms with Crippen molar-refractivity contribution in [2.24, 2.45) is 11.8 Å². The van der Waals surface area contributed by atoms with Gasteiger partial charge in [-0.3, -0.25) is 4.79 Å². The third-order valence-corrected chi connectivity index (χ3v) is 5.56. The molecule has 1 aliphatic carbocycles. The van der Waals surface area contributed by atoms with Crippen molar-refractivity contribution in [2.45, 2.75) is 91.6 Å². The van der Waals surface area contributed by atoms with E-state index in [0.717, 1.165) is 38.0 Å². The zero-order valence-corrected chi connectivity index (χ0v) is 16.8. The van der Waals surface area contributed by atoms with Gasteiger partial charge in [-0.15, -0.1) is 0 Å². The fraction of sp³-hybridized carbons (Fsp3) is 0.696. The molecule has 1 fully saturated rings. The first-order valence-electron chi connectivity index (χ1n) is 10.2. The minimum Gasteiger partial charge on any atom is -0.393 e. The van der Waals surface area contributed by atoms with Gasteiger partial charge in [0.15, 0.2) is 0 Å². The van der Waals surface area contributed by atoms with Crippen molar-refractivity contribution in [1.82, 2.24) is 0 Å². The summed E-state index contributed by atoms with van der Waals surface area (Å²) in [6.45, 7) is 8.47. The largest absolute Gasteiger partial charge is 0.393 e. The van der Waals surface area contributed by atoms with Crippen molar-refractivity contribution in [3.8, 4) is 0 Å². The van der Waals surface area contributed by atoms with Crippen molar-refractivity contribution >= 4 is 5.78 Å². The average Bonchev–Trinajstić information content (AvgIpc) is 2.63. The normalized spacial score (nSPS) is 21.2. The van der Waals surface area contributed by atoms with Crippen molar-refractivity contribution in [2.75, 3.05) is 0 Å². The molecule has 25 heavy (non-hydrogen) atoms. The maximum atomic E-state index is 10.8. The predicted octanol–water partition coefficient (Wildman–Crippen LogP) is 5.74. The van der Waals surface area contributed by atoms with Crippen LogP contribution in [0, 0.1) is 11.8 Å². The molecule has 0 amide bonds. The summed E-state index contributed by atoms with van der Waals surface area (Å²) in [6.07, 6.45) is 9.65. The molecule has 0 bridgehead atoms. The molecule has 142 valence electrons.